The van der Waals surface area contributed by atoms with Gasteiger partial charge in [-0.15, -0.1) is 0 Å². The quantitative estimate of drug-likeness (QED) is 0.529. The second-order valence-corrected chi connectivity index (χ2v) is 4.98. The number of rotatable bonds is 4. The maximum absolute atomic E-state index is 11.5. The van der Waals surface area contributed by atoms with Crippen LogP contribution in [0.25, 0.3) is 0 Å². The molecule has 0 aromatic heterocycles. The summed E-state index contributed by atoms with van der Waals surface area (Å²) in [6.07, 6.45) is -0.0118. The van der Waals surface area contributed by atoms with Crippen molar-refractivity contribution in [1.82, 2.24) is 5.32 Å². The van der Waals surface area contributed by atoms with Gasteiger partial charge in [0.05, 0.1) is 18.3 Å². The minimum atomic E-state index is -0.441. The molecule has 0 aromatic carbocycles. The number of aliphatic hydroxyl groups excluding tert-OH is 1. The monoisotopic (exact) mass is 231 g/mol. The Labute approximate surface area is 96.1 Å². The molecule has 94 valence electrons. The van der Waals surface area contributed by atoms with E-state index in [-0.39, 0.29) is 24.2 Å². The van der Waals surface area contributed by atoms with Gasteiger partial charge in [0.2, 0.25) is 0 Å². The van der Waals surface area contributed by atoms with Crippen LogP contribution in [-0.4, -0.2) is 48.6 Å². The van der Waals surface area contributed by atoms with Gasteiger partial charge in [-0.2, -0.15) is 0 Å². The van der Waals surface area contributed by atoms with Crippen LogP contribution in [0.3, 0.4) is 0 Å². The van der Waals surface area contributed by atoms with E-state index in [1.54, 1.807) is 0 Å². The van der Waals surface area contributed by atoms with Crippen LogP contribution in [0.15, 0.2) is 0 Å². The second kappa shape index (κ2) is 5.61. The minimum absolute atomic E-state index is 0.214. The Hall–Kier alpha value is -0.650. The maximum atomic E-state index is 11.5. The highest BCUT2D eigenvalue weighted by Gasteiger charge is 2.29. The highest BCUT2D eigenvalue weighted by Crippen LogP contribution is 2.08. The van der Waals surface area contributed by atoms with E-state index in [0.717, 1.165) is 0 Å². The topological polar surface area (TPSA) is 67.8 Å². The zero-order valence-electron chi connectivity index (χ0n) is 10.2. The van der Waals surface area contributed by atoms with E-state index in [9.17, 15) is 9.90 Å². The molecule has 0 spiro atoms. The number of esters is 1. The SMILES string of the molecule is CC(C)(C)OCCOC(=O)[C@@H]1C[C@H](O)CN1. The second-order valence-electron chi connectivity index (χ2n) is 4.98. The number of carbonyl (C=O) groups excluding carboxylic acids is 1. The summed E-state index contributed by atoms with van der Waals surface area (Å²) < 4.78 is 10.4. The highest BCUT2D eigenvalue weighted by atomic mass is 16.6. The summed E-state index contributed by atoms with van der Waals surface area (Å²) in [6.45, 7) is 6.95. The smallest absolute Gasteiger partial charge is 0.323 e. The summed E-state index contributed by atoms with van der Waals surface area (Å²) in [4.78, 5) is 11.5. The van der Waals surface area contributed by atoms with Crippen molar-refractivity contribution in [2.45, 2.75) is 44.9 Å². The molecule has 1 heterocycles. The highest BCUT2D eigenvalue weighted by molar-refractivity contribution is 5.76. The van der Waals surface area contributed by atoms with Crippen LogP contribution in [0, 0.1) is 0 Å². The number of hydrogen-bond acceptors (Lipinski definition) is 5. The standard InChI is InChI=1S/C11H21NO4/c1-11(2,3)16-5-4-15-10(14)9-6-8(13)7-12-9/h8-9,12-13H,4-7H2,1-3H3/t8-,9-/m0/s1. The van der Waals surface area contributed by atoms with E-state index in [0.29, 0.717) is 19.6 Å². The number of ether oxygens (including phenoxy) is 2. The van der Waals surface area contributed by atoms with E-state index in [1.807, 2.05) is 20.8 Å². The van der Waals surface area contributed by atoms with Crippen molar-refractivity contribution in [3.05, 3.63) is 0 Å². The van der Waals surface area contributed by atoms with Crippen molar-refractivity contribution < 1.29 is 19.4 Å². The van der Waals surface area contributed by atoms with Crippen LogP contribution < -0.4 is 5.32 Å². The van der Waals surface area contributed by atoms with Crippen molar-refractivity contribution >= 4 is 5.97 Å². The molecule has 1 rings (SSSR count). The molecular weight excluding hydrogens is 210 g/mol. The van der Waals surface area contributed by atoms with Crippen LogP contribution >= 0.6 is 0 Å². The minimum Gasteiger partial charge on any atom is -0.462 e. The summed E-state index contributed by atoms with van der Waals surface area (Å²) in [5.41, 5.74) is -0.214. The molecule has 1 aliphatic heterocycles. The van der Waals surface area contributed by atoms with E-state index in [4.69, 9.17) is 9.47 Å². The zero-order chi connectivity index (χ0) is 12.2. The molecule has 5 nitrogen and oxygen atoms in total. The van der Waals surface area contributed by atoms with Gasteiger partial charge in [0, 0.05) is 13.0 Å². The molecule has 1 aliphatic rings. The number of aliphatic hydroxyl groups is 1. The molecule has 5 heteroatoms. The number of β-amino-alcohol motifs (C(OH)–C–C–N with tert-alkyl or cyclic N) is 1. The van der Waals surface area contributed by atoms with Crippen molar-refractivity contribution in [2.24, 2.45) is 0 Å². The van der Waals surface area contributed by atoms with Crippen LogP contribution in [0.2, 0.25) is 0 Å². The Morgan fingerprint density at radius 1 is 1.44 bits per heavy atom. The van der Waals surface area contributed by atoms with Gasteiger partial charge in [-0.25, -0.2) is 0 Å². The lowest BCUT2D eigenvalue weighted by molar-refractivity contribution is -0.149. The van der Waals surface area contributed by atoms with Crippen LogP contribution in [0.1, 0.15) is 27.2 Å². The third kappa shape index (κ3) is 4.92. The number of hydrogen-bond donors (Lipinski definition) is 2. The first kappa shape index (κ1) is 13.4. The summed E-state index contributed by atoms with van der Waals surface area (Å²) in [5.74, 6) is -0.311. The van der Waals surface area contributed by atoms with Gasteiger partial charge in [0.25, 0.3) is 0 Å². The lowest BCUT2D eigenvalue weighted by Crippen LogP contribution is -2.33. The lowest BCUT2D eigenvalue weighted by atomic mass is 10.2. The van der Waals surface area contributed by atoms with Crippen molar-refractivity contribution in [2.75, 3.05) is 19.8 Å². The van der Waals surface area contributed by atoms with Gasteiger partial charge in [0.1, 0.15) is 12.6 Å². The summed E-state index contributed by atoms with van der Waals surface area (Å²) >= 11 is 0. The van der Waals surface area contributed by atoms with Crippen molar-refractivity contribution in [3.63, 3.8) is 0 Å². The Morgan fingerprint density at radius 2 is 2.12 bits per heavy atom. The van der Waals surface area contributed by atoms with Gasteiger partial charge in [-0.1, -0.05) is 0 Å². The van der Waals surface area contributed by atoms with E-state index >= 15 is 0 Å². The van der Waals surface area contributed by atoms with Crippen molar-refractivity contribution in [1.29, 1.82) is 0 Å². The first-order valence-corrected chi connectivity index (χ1v) is 5.60. The molecule has 0 saturated carbocycles. The third-order valence-electron chi connectivity index (χ3n) is 2.25. The van der Waals surface area contributed by atoms with Gasteiger partial charge < -0.3 is 19.9 Å². The largest absolute Gasteiger partial charge is 0.462 e. The van der Waals surface area contributed by atoms with Gasteiger partial charge >= 0.3 is 5.97 Å². The fraction of sp³-hybridized carbons (Fsp3) is 0.909. The summed E-state index contributed by atoms with van der Waals surface area (Å²) in [7, 11) is 0. The van der Waals surface area contributed by atoms with E-state index < -0.39 is 6.10 Å². The lowest BCUT2D eigenvalue weighted by Gasteiger charge is -2.19. The molecule has 16 heavy (non-hydrogen) atoms. The Morgan fingerprint density at radius 3 is 2.62 bits per heavy atom. The Bertz CT molecular complexity index is 237. The molecule has 0 amide bonds. The molecule has 0 aliphatic carbocycles. The zero-order valence-corrected chi connectivity index (χ0v) is 10.2. The molecular formula is C11H21NO4. The molecule has 0 aromatic rings. The van der Waals surface area contributed by atoms with Crippen LogP contribution in [0.5, 0.6) is 0 Å². The normalized spacial score (nSPS) is 25.8. The molecule has 1 fully saturated rings. The molecule has 0 bridgehead atoms. The van der Waals surface area contributed by atoms with Crippen LogP contribution in [-0.2, 0) is 14.3 Å². The van der Waals surface area contributed by atoms with E-state index in [1.165, 1.54) is 0 Å². The number of nitrogens with one attached hydrogen (secondary N) is 1. The number of carbonyl (C=O) groups is 1. The first-order valence-electron chi connectivity index (χ1n) is 5.60. The summed E-state index contributed by atoms with van der Waals surface area (Å²) in [5, 5.41) is 12.1. The summed E-state index contributed by atoms with van der Waals surface area (Å²) in [6, 6.07) is -0.371. The van der Waals surface area contributed by atoms with Gasteiger partial charge in [-0.05, 0) is 20.8 Å². The van der Waals surface area contributed by atoms with Crippen LogP contribution in [0.4, 0.5) is 0 Å². The first-order chi connectivity index (χ1) is 7.38. The predicted molar refractivity (Wildman–Crippen MR) is 59.1 cm³/mol. The Kier molecular flexibility index (Phi) is 4.70. The van der Waals surface area contributed by atoms with Crippen molar-refractivity contribution in [3.8, 4) is 0 Å². The average molecular weight is 231 g/mol. The molecule has 0 radical (unpaired) electrons. The van der Waals surface area contributed by atoms with E-state index in [2.05, 4.69) is 5.32 Å². The molecule has 2 N–H and O–H groups in total. The third-order valence-corrected chi connectivity index (χ3v) is 2.25. The average Bonchev–Trinajstić information content (AvgIpc) is 2.57. The fourth-order valence-corrected chi connectivity index (χ4v) is 1.49. The molecule has 0 unspecified atom stereocenters. The van der Waals surface area contributed by atoms with Gasteiger partial charge in [0.15, 0.2) is 0 Å². The maximum Gasteiger partial charge on any atom is 0.323 e. The molecule has 2 atom stereocenters. The molecule has 1 saturated heterocycles. The van der Waals surface area contributed by atoms with Gasteiger partial charge in [-0.3, -0.25) is 4.79 Å². The predicted octanol–water partition coefficient (Wildman–Crippen LogP) is 0.0675. The Balaban J connectivity index is 2.11. The fourth-order valence-electron chi connectivity index (χ4n) is 1.49.